The van der Waals surface area contributed by atoms with Crippen LogP contribution in [0.2, 0.25) is 0 Å². The molecule has 0 radical (unpaired) electrons. The Morgan fingerprint density at radius 3 is 1.66 bits per heavy atom. The van der Waals surface area contributed by atoms with Crippen molar-refractivity contribution in [2.24, 2.45) is 0 Å². The maximum Gasteiger partial charge on any atom is 0.118 e. The molecule has 4 rings (SSSR count). The largest absolute Gasteiger partial charge is 0.497 e. The molecule has 0 spiro atoms. The van der Waals surface area contributed by atoms with E-state index < -0.39 is 0 Å². The SMILES string of the molecule is COc1ccc(/C(=C/C(c2ccccc2)c2ccccc2)c2c(C)cc(C)cc2C)cc1. The lowest BCUT2D eigenvalue weighted by atomic mass is 9.83. The lowest BCUT2D eigenvalue weighted by Gasteiger charge is -2.21. The molecule has 0 saturated carbocycles. The molecule has 0 saturated heterocycles. The molecule has 0 aliphatic carbocycles. The topological polar surface area (TPSA) is 9.23 Å². The lowest BCUT2D eigenvalue weighted by molar-refractivity contribution is 0.415. The molecule has 4 aromatic carbocycles. The van der Waals surface area contributed by atoms with E-state index in [9.17, 15) is 0 Å². The maximum absolute atomic E-state index is 5.42. The van der Waals surface area contributed by atoms with Crippen LogP contribution in [0.1, 0.15) is 44.9 Å². The molecule has 0 aliphatic rings. The molecule has 0 N–H and O–H groups in total. The third kappa shape index (κ3) is 4.68. The number of ether oxygens (including phenoxy) is 1. The van der Waals surface area contributed by atoms with Gasteiger partial charge >= 0.3 is 0 Å². The van der Waals surface area contributed by atoms with Crippen LogP contribution in [0.15, 0.2) is 103 Å². The molecule has 0 amide bonds. The first-order valence-corrected chi connectivity index (χ1v) is 11.1. The van der Waals surface area contributed by atoms with Gasteiger partial charge in [-0.3, -0.25) is 0 Å². The van der Waals surface area contributed by atoms with Gasteiger partial charge in [-0.1, -0.05) is 96.6 Å². The Hall–Kier alpha value is -3.58. The Bertz CT molecular complexity index is 1140. The summed E-state index contributed by atoms with van der Waals surface area (Å²) in [5, 5.41) is 0. The molecule has 4 aromatic rings. The van der Waals surface area contributed by atoms with Crippen molar-refractivity contribution in [1.29, 1.82) is 0 Å². The fourth-order valence-corrected chi connectivity index (χ4v) is 4.57. The number of aryl methyl sites for hydroxylation is 3. The fourth-order valence-electron chi connectivity index (χ4n) is 4.57. The molecule has 0 atom stereocenters. The van der Waals surface area contributed by atoms with Crippen molar-refractivity contribution in [3.05, 3.63) is 142 Å². The molecule has 160 valence electrons. The van der Waals surface area contributed by atoms with Crippen molar-refractivity contribution in [2.75, 3.05) is 7.11 Å². The monoisotopic (exact) mass is 418 g/mol. The average molecular weight is 419 g/mol. The van der Waals surface area contributed by atoms with Crippen LogP contribution >= 0.6 is 0 Å². The molecule has 0 aromatic heterocycles. The minimum atomic E-state index is 0.148. The zero-order valence-corrected chi connectivity index (χ0v) is 19.3. The van der Waals surface area contributed by atoms with Gasteiger partial charge in [0, 0.05) is 5.92 Å². The van der Waals surface area contributed by atoms with Crippen LogP contribution in [-0.4, -0.2) is 7.11 Å². The van der Waals surface area contributed by atoms with Gasteiger partial charge in [-0.05, 0) is 71.9 Å². The van der Waals surface area contributed by atoms with E-state index in [1.165, 1.54) is 44.5 Å². The zero-order chi connectivity index (χ0) is 22.5. The molecule has 1 heteroatoms. The van der Waals surface area contributed by atoms with Gasteiger partial charge in [0.05, 0.1) is 7.11 Å². The Morgan fingerprint density at radius 1 is 0.688 bits per heavy atom. The van der Waals surface area contributed by atoms with Gasteiger partial charge in [0.1, 0.15) is 5.75 Å². The normalized spacial score (nSPS) is 11.6. The number of rotatable bonds is 6. The van der Waals surface area contributed by atoms with E-state index in [0.717, 1.165) is 5.75 Å². The highest BCUT2D eigenvalue weighted by atomic mass is 16.5. The number of hydrogen-bond donors (Lipinski definition) is 0. The van der Waals surface area contributed by atoms with Gasteiger partial charge in [-0.15, -0.1) is 0 Å². The van der Waals surface area contributed by atoms with Crippen LogP contribution in [0, 0.1) is 20.8 Å². The van der Waals surface area contributed by atoms with E-state index in [1.54, 1.807) is 7.11 Å². The summed E-state index contributed by atoms with van der Waals surface area (Å²) in [4.78, 5) is 0. The van der Waals surface area contributed by atoms with E-state index in [-0.39, 0.29) is 5.92 Å². The van der Waals surface area contributed by atoms with Gasteiger partial charge in [0.2, 0.25) is 0 Å². The van der Waals surface area contributed by atoms with E-state index in [2.05, 4.69) is 112 Å². The summed E-state index contributed by atoms with van der Waals surface area (Å²) < 4.78 is 5.42. The maximum atomic E-state index is 5.42. The standard InChI is InChI=1S/C31H30O/c1-22-19-23(2)31(24(3)20-22)30(27-15-17-28(32-4)18-16-27)21-29(25-11-7-5-8-12-25)26-13-9-6-10-14-26/h5-21,29H,1-4H3/b30-21-. The number of benzene rings is 4. The fraction of sp³-hybridized carbons (Fsp3) is 0.161. The molecular weight excluding hydrogens is 388 g/mol. The first kappa shape index (κ1) is 21.6. The summed E-state index contributed by atoms with van der Waals surface area (Å²) >= 11 is 0. The second kappa shape index (κ2) is 9.70. The van der Waals surface area contributed by atoms with Gasteiger partial charge in [-0.25, -0.2) is 0 Å². The molecule has 0 bridgehead atoms. The Balaban J connectivity index is 1.97. The van der Waals surface area contributed by atoms with Crippen molar-refractivity contribution in [3.63, 3.8) is 0 Å². The number of hydrogen-bond acceptors (Lipinski definition) is 1. The van der Waals surface area contributed by atoms with Gasteiger partial charge < -0.3 is 4.74 Å². The summed E-state index contributed by atoms with van der Waals surface area (Å²) in [5.74, 6) is 1.02. The molecule has 0 heterocycles. The van der Waals surface area contributed by atoms with Crippen molar-refractivity contribution >= 4 is 5.57 Å². The summed E-state index contributed by atoms with van der Waals surface area (Å²) in [6.45, 7) is 6.59. The smallest absolute Gasteiger partial charge is 0.118 e. The first-order valence-electron chi connectivity index (χ1n) is 11.1. The van der Waals surface area contributed by atoms with E-state index in [1.807, 2.05) is 12.1 Å². The summed E-state index contributed by atoms with van der Waals surface area (Å²) in [6, 6.07) is 34.5. The quantitative estimate of drug-likeness (QED) is 0.309. The second-order valence-electron chi connectivity index (χ2n) is 8.38. The average Bonchev–Trinajstić information content (AvgIpc) is 2.82. The van der Waals surface area contributed by atoms with E-state index in [0.29, 0.717) is 0 Å². The predicted octanol–water partition coefficient (Wildman–Crippen LogP) is 7.88. The van der Waals surface area contributed by atoms with Crippen molar-refractivity contribution in [3.8, 4) is 5.75 Å². The molecule has 0 unspecified atom stereocenters. The van der Waals surface area contributed by atoms with Gasteiger partial charge in [0.25, 0.3) is 0 Å². The minimum Gasteiger partial charge on any atom is -0.497 e. The third-order valence-electron chi connectivity index (χ3n) is 6.00. The second-order valence-corrected chi connectivity index (χ2v) is 8.38. The molecule has 32 heavy (non-hydrogen) atoms. The van der Waals surface area contributed by atoms with Crippen molar-refractivity contribution < 1.29 is 4.74 Å². The molecular formula is C31H30O. The number of allylic oxidation sites excluding steroid dienone is 1. The summed E-state index contributed by atoms with van der Waals surface area (Å²) in [5.41, 5.74) is 10.2. The molecule has 0 fully saturated rings. The van der Waals surface area contributed by atoms with Crippen molar-refractivity contribution in [2.45, 2.75) is 26.7 Å². The summed E-state index contributed by atoms with van der Waals surface area (Å²) in [7, 11) is 1.71. The zero-order valence-electron chi connectivity index (χ0n) is 19.3. The van der Waals surface area contributed by atoms with Crippen LogP contribution in [0.4, 0.5) is 0 Å². The predicted molar refractivity (Wildman–Crippen MR) is 135 cm³/mol. The van der Waals surface area contributed by atoms with Gasteiger partial charge in [-0.2, -0.15) is 0 Å². The van der Waals surface area contributed by atoms with Crippen LogP contribution in [0.3, 0.4) is 0 Å². The lowest BCUT2D eigenvalue weighted by Crippen LogP contribution is -2.03. The Morgan fingerprint density at radius 2 is 1.19 bits per heavy atom. The molecule has 1 nitrogen and oxygen atoms in total. The van der Waals surface area contributed by atoms with E-state index >= 15 is 0 Å². The Labute approximate surface area is 192 Å². The Kier molecular flexibility index (Phi) is 6.56. The molecule has 0 aliphatic heterocycles. The third-order valence-corrected chi connectivity index (χ3v) is 6.00. The van der Waals surface area contributed by atoms with Gasteiger partial charge in [0.15, 0.2) is 0 Å². The summed E-state index contributed by atoms with van der Waals surface area (Å²) in [6.07, 6.45) is 2.43. The first-order chi connectivity index (χ1) is 15.6. The van der Waals surface area contributed by atoms with Crippen LogP contribution in [0.5, 0.6) is 5.75 Å². The highest BCUT2D eigenvalue weighted by Gasteiger charge is 2.17. The van der Waals surface area contributed by atoms with Crippen LogP contribution in [-0.2, 0) is 0 Å². The van der Waals surface area contributed by atoms with E-state index in [4.69, 9.17) is 4.74 Å². The van der Waals surface area contributed by atoms with Crippen LogP contribution < -0.4 is 4.74 Å². The van der Waals surface area contributed by atoms with Crippen molar-refractivity contribution in [1.82, 2.24) is 0 Å². The number of methoxy groups -OCH3 is 1. The highest BCUT2D eigenvalue weighted by Crippen LogP contribution is 2.36. The highest BCUT2D eigenvalue weighted by molar-refractivity contribution is 5.84. The van der Waals surface area contributed by atoms with Crippen LogP contribution in [0.25, 0.3) is 5.57 Å². The minimum absolute atomic E-state index is 0.148.